The van der Waals surface area contributed by atoms with Crippen LogP contribution in [0.25, 0.3) is 0 Å². The maximum atomic E-state index is 3.77. The molecule has 3 atom stereocenters. The summed E-state index contributed by atoms with van der Waals surface area (Å²) < 4.78 is 0. The lowest BCUT2D eigenvalue weighted by Gasteiger charge is -2.36. The van der Waals surface area contributed by atoms with Gasteiger partial charge in [-0.1, -0.05) is 19.8 Å². The summed E-state index contributed by atoms with van der Waals surface area (Å²) in [6.07, 6.45) is 12.0. The zero-order valence-corrected chi connectivity index (χ0v) is 10.8. The average Bonchev–Trinajstić information content (AvgIpc) is 3.18. The Kier molecular flexibility index (Phi) is 3.24. The quantitative estimate of drug-likeness (QED) is 0.748. The van der Waals surface area contributed by atoms with Crippen LogP contribution in [-0.2, 0) is 0 Å². The van der Waals surface area contributed by atoms with Crippen molar-refractivity contribution < 1.29 is 0 Å². The summed E-state index contributed by atoms with van der Waals surface area (Å²) >= 11 is 0. The zero-order valence-electron chi connectivity index (χ0n) is 10.8. The first kappa shape index (κ1) is 11.1. The van der Waals surface area contributed by atoms with E-state index in [1.807, 2.05) is 0 Å². The molecular formula is C15H27N. The predicted octanol–water partition coefficient (Wildman–Crippen LogP) is 3.59. The summed E-state index contributed by atoms with van der Waals surface area (Å²) in [5, 5.41) is 3.77. The van der Waals surface area contributed by atoms with Crippen LogP contribution in [0.5, 0.6) is 0 Å². The van der Waals surface area contributed by atoms with Crippen molar-refractivity contribution in [1.29, 1.82) is 0 Å². The lowest BCUT2D eigenvalue weighted by atomic mass is 9.71. The SMILES string of the molecule is CCC1CCC(CNC2CC2)C(C2CC2)C1. The van der Waals surface area contributed by atoms with Crippen LogP contribution in [0.2, 0.25) is 0 Å². The molecule has 0 aromatic heterocycles. The van der Waals surface area contributed by atoms with E-state index in [-0.39, 0.29) is 0 Å². The van der Waals surface area contributed by atoms with E-state index in [0.717, 1.165) is 29.7 Å². The number of nitrogens with one attached hydrogen (secondary N) is 1. The fourth-order valence-corrected chi connectivity index (χ4v) is 3.69. The lowest BCUT2D eigenvalue weighted by Crippen LogP contribution is -2.35. The molecule has 0 saturated heterocycles. The van der Waals surface area contributed by atoms with E-state index < -0.39 is 0 Å². The zero-order chi connectivity index (χ0) is 11.0. The molecule has 0 amide bonds. The largest absolute Gasteiger partial charge is 0.314 e. The van der Waals surface area contributed by atoms with Gasteiger partial charge in [0.25, 0.3) is 0 Å². The van der Waals surface area contributed by atoms with Crippen LogP contribution < -0.4 is 5.32 Å². The highest BCUT2D eigenvalue weighted by atomic mass is 14.9. The van der Waals surface area contributed by atoms with Crippen molar-refractivity contribution >= 4 is 0 Å². The van der Waals surface area contributed by atoms with E-state index >= 15 is 0 Å². The molecule has 0 bridgehead atoms. The Bertz CT molecular complexity index is 230. The normalized spacial score (nSPS) is 39.9. The van der Waals surface area contributed by atoms with Gasteiger partial charge in [0, 0.05) is 6.04 Å². The maximum Gasteiger partial charge on any atom is 0.00683 e. The summed E-state index contributed by atoms with van der Waals surface area (Å²) in [6, 6.07) is 0.906. The Labute approximate surface area is 100 Å². The van der Waals surface area contributed by atoms with Gasteiger partial charge in [-0.2, -0.15) is 0 Å². The first-order valence-electron chi connectivity index (χ1n) is 7.60. The second kappa shape index (κ2) is 4.68. The molecule has 0 spiro atoms. The molecule has 0 aromatic rings. The second-order valence-electron chi connectivity index (χ2n) is 6.53. The molecule has 16 heavy (non-hydrogen) atoms. The third kappa shape index (κ3) is 2.61. The molecular weight excluding hydrogens is 194 g/mol. The molecule has 0 radical (unpaired) electrons. The van der Waals surface area contributed by atoms with E-state index in [9.17, 15) is 0 Å². The van der Waals surface area contributed by atoms with E-state index in [4.69, 9.17) is 0 Å². The number of rotatable bonds is 5. The van der Waals surface area contributed by atoms with Gasteiger partial charge in [0.05, 0.1) is 0 Å². The van der Waals surface area contributed by atoms with Gasteiger partial charge in [0.2, 0.25) is 0 Å². The van der Waals surface area contributed by atoms with Crippen molar-refractivity contribution in [1.82, 2.24) is 5.32 Å². The first-order chi connectivity index (χ1) is 7.86. The Morgan fingerprint density at radius 1 is 1.00 bits per heavy atom. The Morgan fingerprint density at radius 3 is 2.44 bits per heavy atom. The van der Waals surface area contributed by atoms with Crippen molar-refractivity contribution in [2.75, 3.05) is 6.54 Å². The van der Waals surface area contributed by atoms with Gasteiger partial charge in [0.1, 0.15) is 0 Å². The number of hydrogen-bond donors (Lipinski definition) is 1. The molecule has 1 N–H and O–H groups in total. The molecule has 92 valence electrons. The minimum atomic E-state index is 0.906. The highest BCUT2D eigenvalue weighted by Crippen LogP contribution is 2.48. The minimum Gasteiger partial charge on any atom is -0.314 e. The van der Waals surface area contributed by atoms with Gasteiger partial charge in [0.15, 0.2) is 0 Å². The Hall–Kier alpha value is -0.0400. The van der Waals surface area contributed by atoms with E-state index in [2.05, 4.69) is 12.2 Å². The molecule has 3 unspecified atom stereocenters. The molecule has 3 fully saturated rings. The van der Waals surface area contributed by atoms with Gasteiger partial charge >= 0.3 is 0 Å². The molecule has 3 rings (SSSR count). The molecule has 1 nitrogen and oxygen atoms in total. The van der Waals surface area contributed by atoms with Gasteiger partial charge in [-0.3, -0.25) is 0 Å². The highest BCUT2D eigenvalue weighted by Gasteiger charge is 2.40. The first-order valence-corrected chi connectivity index (χ1v) is 7.60. The molecule has 0 aromatic carbocycles. The topological polar surface area (TPSA) is 12.0 Å². The van der Waals surface area contributed by atoms with Gasteiger partial charge in [-0.05, 0) is 68.7 Å². The summed E-state index contributed by atoms with van der Waals surface area (Å²) in [6.45, 7) is 3.72. The van der Waals surface area contributed by atoms with Crippen molar-refractivity contribution in [3.8, 4) is 0 Å². The van der Waals surface area contributed by atoms with E-state index in [0.29, 0.717) is 0 Å². The standard InChI is InChI=1S/C15H27N/c1-2-11-3-4-13(10-16-14-7-8-14)15(9-11)12-5-6-12/h11-16H,2-10H2,1H3. The lowest BCUT2D eigenvalue weighted by molar-refractivity contribution is 0.152. The monoisotopic (exact) mass is 221 g/mol. The second-order valence-corrected chi connectivity index (χ2v) is 6.53. The molecule has 1 heteroatoms. The van der Waals surface area contributed by atoms with Crippen molar-refractivity contribution in [3.63, 3.8) is 0 Å². The van der Waals surface area contributed by atoms with Crippen molar-refractivity contribution in [2.45, 2.75) is 64.3 Å². The van der Waals surface area contributed by atoms with Crippen LogP contribution in [-0.4, -0.2) is 12.6 Å². The third-order valence-corrected chi connectivity index (χ3v) is 5.21. The molecule has 3 saturated carbocycles. The van der Waals surface area contributed by atoms with E-state index in [1.54, 1.807) is 19.3 Å². The van der Waals surface area contributed by atoms with Gasteiger partial charge in [-0.15, -0.1) is 0 Å². The van der Waals surface area contributed by atoms with E-state index in [1.165, 1.54) is 38.6 Å². The fourth-order valence-electron chi connectivity index (χ4n) is 3.69. The smallest absolute Gasteiger partial charge is 0.00683 e. The summed E-state index contributed by atoms with van der Waals surface area (Å²) in [7, 11) is 0. The van der Waals surface area contributed by atoms with Crippen molar-refractivity contribution in [3.05, 3.63) is 0 Å². The summed E-state index contributed by atoms with van der Waals surface area (Å²) in [4.78, 5) is 0. The Balaban J connectivity index is 1.53. The highest BCUT2D eigenvalue weighted by molar-refractivity contribution is 4.92. The minimum absolute atomic E-state index is 0.906. The summed E-state index contributed by atoms with van der Waals surface area (Å²) in [5.41, 5.74) is 0. The summed E-state index contributed by atoms with van der Waals surface area (Å²) in [5.74, 6) is 4.30. The van der Waals surface area contributed by atoms with Crippen LogP contribution in [0.3, 0.4) is 0 Å². The molecule has 0 heterocycles. The van der Waals surface area contributed by atoms with Crippen LogP contribution in [0.1, 0.15) is 58.3 Å². The van der Waals surface area contributed by atoms with Crippen molar-refractivity contribution in [2.24, 2.45) is 23.7 Å². The van der Waals surface area contributed by atoms with Crippen LogP contribution in [0.15, 0.2) is 0 Å². The van der Waals surface area contributed by atoms with Crippen LogP contribution in [0.4, 0.5) is 0 Å². The number of hydrogen-bond acceptors (Lipinski definition) is 1. The third-order valence-electron chi connectivity index (χ3n) is 5.21. The molecule has 3 aliphatic rings. The Morgan fingerprint density at radius 2 is 1.81 bits per heavy atom. The van der Waals surface area contributed by atoms with Gasteiger partial charge < -0.3 is 5.32 Å². The van der Waals surface area contributed by atoms with Crippen LogP contribution in [0, 0.1) is 23.7 Å². The predicted molar refractivity (Wildman–Crippen MR) is 68.4 cm³/mol. The van der Waals surface area contributed by atoms with Crippen LogP contribution >= 0.6 is 0 Å². The molecule has 3 aliphatic carbocycles. The maximum absolute atomic E-state index is 3.77. The molecule has 0 aliphatic heterocycles. The van der Waals surface area contributed by atoms with Gasteiger partial charge in [-0.25, -0.2) is 0 Å². The average molecular weight is 221 g/mol. The fraction of sp³-hybridized carbons (Fsp3) is 1.00.